The summed E-state index contributed by atoms with van der Waals surface area (Å²) in [5, 5.41) is 0. The van der Waals surface area contributed by atoms with Gasteiger partial charge in [-0.2, -0.15) is 0 Å². The zero-order valence-electron chi connectivity index (χ0n) is 18.7. The van der Waals surface area contributed by atoms with Crippen molar-refractivity contribution in [1.82, 2.24) is 4.90 Å². The molecule has 3 atom stereocenters. The van der Waals surface area contributed by atoms with Crippen LogP contribution >= 0.6 is 0 Å². The number of benzene rings is 1. The number of ether oxygens (including phenoxy) is 3. The number of methoxy groups -OCH3 is 1. The summed E-state index contributed by atoms with van der Waals surface area (Å²) in [5.74, 6) is -2.08. The Kier molecular flexibility index (Phi) is 6.01. The highest BCUT2D eigenvalue weighted by Crippen LogP contribution is 2.44. The van der Waals surface area contributed by atoms with E-state index in [1.807, 2.05) is 6.07 Å². The lowest BCUT2D eigenvalue weighted by Crippen LogP contribution is -2.47. The molecule has 3 aliphatic rings. The molecule has 0 spiro atoms. The van der Waals surface area contributed by atoms with Crippen molar-refractivity contribution in [2.75, 3.05) is 26.8 Å². The van der Waals surface area contributed by atoms with E-state index in [-0.39, 0.29) is 24.7 Å². The second kappa shape index (κ2) is 8.27. The minimum atomic E-state index is -2.62. The normalized spacial score (nSPS) is 28.7. The van der Waals surface area contributed by atoms with Crippen molar-refractivity contribution in [3.8, 4) is 11.5 Å². The molecule has 2 aliphatic heterocycles. The number of rotatable bonds is 5. The molecular weight excluding hydrogens is 388 g/mol. The molecule has 1 aliphatic carbocycles. The van der Waals surface area contributed by atoms with Crippen molar-refractivity contribution in [3.05, 3.63) is 23.3 Å². The van der Waals surface area contributed by atoms with Crippen molar-refractivity contribution < 1.29 is 23.0 Å². The van der Waals surface area contributed by atoms with Crippen LogP contribution < -0.4 is 9.47 Å². The third kappa shape index (κ3) is 4.59. The van der Waals surface area contributed by atoms with Crippen LogP contribution in [-0.4, -0.2) is 49.3 Å². The Balaban J connectivity index is 1.48. The minimum Gasteiger partial charge on any atom is -0.493 e. The van der Waals surface area contributed by atoms with Crippen LogP contribution in [0.4, 0.5) is 8.78 Å². The van der Waals surface area contributed by atoms with E-state index in [0.717, 1.165) is 32.4 Å². The summed E-state index contributed by atoms with van der Waals surface area (Å²) in [4.78, 5) is 2.52. The first-order valence-corrected chi connectivity index (χ1v) is 11.3. The molecule has 0 amide bonds. The molecule has 0 bridgehead atoms. The number of halogens is 2. The average molecular weight is 424 g/mol. The van der Waals surface area contributed by atoms with E-state index in [4.69, 9.17) is 14.2 Å². The van der Waals surface area contributed by atoms with Gasteiger partial charge < -0.3 is 14.2 Å². The van der Waals surface area contributed by atoms with Crippen molar-refractivity contribution in [2.24, 2.45) is 5.92 Å². The molecule has 1 aromatic carbocycles. The standard InChI is InChI=1S/C24H35F2NO3/c1-23(2,3)30-18-7-8-20-19-13-21(28-4)22(12-16(19)9-11-27(20)14-18)29-15-17-6-5-10-24(17,25)26/h12-13,17-18,20H,5-11,14-15H2,1-4H3. The summed E-state index contributed by atoms with van der Waals surface area (Å²) in [6.07, 6.45) is 4.34. The van der Waals surface area contributed by atoms with Crippen molar-refractivity contribution in [3.63, 3.8) is 0 Å². The van der Waals surface area contributed by atoms with Gasteiger partial charge in [-0.1, -0.05) is 0 Å². The van der Waals surface area contributed by atoms with Crippen LogP contribution in [0.2, 0.25) is 0 Å². The first-order chi connectivity index (χ1) is 14.2. The molecular formula is C24H35F2NO3. The van der Waals surface area contributed by atoms with Gasteiger partial charge >= 0.3 is 0 Å². The lowest BCUT2D eigenvalue weighted by atomic mass is 9.85. The Morgan fingerprint density at radius 1 is 1.13 bits per heavy atom. The Bertz CT molecular complexity index is 762. The van der Waals surface area contributed by atoms with Crippen LogP contribution in [0.25, 0.3) is 0 Å². The number of hydrogen-bond donors (Lipinski definition) is 0. The summed E-state index contributed by atoms with van der Waals surface area (Å²) in [6, 6.07) is 4.45. The summed E-state index contributed by atoms with van der Waals surface area (Å²) < 4.78 is 45.6. The van der Waals surface area contributed by atoms with E-state index < -0.39 is 11.8 Å². The lowest BCUT2D eigenvalue weighted by Gasteiger charge is -2.44. The second-order valence-electron chi connectivity index (χ2n) is 10.1. The first-order valence-electron chi connectivity index (χ1n) is 11.3. The fraction of sp³-hybridized carbons (Fsp3) is 0.750. The summed E-state index contributed by atoms with van der Waals surface area (Å²) in [6.45, 7) is 8.30. The quantitative estimate of drug-likeness (QED) is 0.636. The molecule has 6 heteroatoms. The highest BCUT2D eigenvalue weighted by Gasteiger charge is 2.44. The molecule has 1 saturated carbocycles. The van der Waals surface area contributed by atoms with Gasteiger partial charge in [0.15, 0.2) is 11.5 Å². The second-order valence-corrected chi connectivity index (χ2v) is 10.1. The van der Waals surface area contributed by atoms with E-state index >= 15 is 0 Å². The Morgan fingerprint density at radius 2 is 1.93 bits per heavy atom. The Morgan fingerprint density at radius 3 is 2.60 bits per heavy atom. The van der Waals surface area contributed by atoms with Crippen molar-refractivity contribution in [2.45, 2.75) is 83.0 Å². The maximum Gasteiger partial charge on any atom is 0.254 e. The van der Waals surface area contributed by atoms with Gasteiger partial charge in [-0.3, -0.25) is 4.90 Å². The number of piperidine rings is 1. The number of alkyl halides is 2. The topological polar surface area (TPSA) is 30.9 Å². The molecule has 30 heavy (non-hydrogen) atoms. The summed E-state index contributed by atoms with van der Waals surface area (Å²) in [5.41, 5.74) is 2.41. The Labute approximate surface area is 178 Å². The van der Waals surface area contributed by atoms with Gasteiger partial charge in [0.1, 0.15) is 0 Å². The third-order valence-corrected chi connectivity index (χ3v) is 6.71. The number of fused-ring (bicyclic) bond motifs is 3. The van der Waals surface area contributed by atoms with Crippen LogP contribution in [0.5, 0.6) is 11.5 Å². The zero-order chi connectivity index (χ0) is 21.5. The van der Waals surface area contributed by atoms with Crippen molar-refractivity contribution in [1.29, 1.82) is 0 Å². The van der Waals surface area contributed by atoms with Crippen LogP contribution in [0.1, 0.15) is 70.0 Å². The zero-order valence-corrected chi connectivity index (χ0v) is 18.7. The SMILES string of the molecule is COc1cc2c(cc1OCC1CCCC1(F)F)CCN1CC(OC(C)(C)C)CCC21. The van der Waals surface area contributed by atoms with Gasteiger partial charge in [0, 0.05) is 25.6 Å². The van der Waals surface area contributed by atoms with Gasteiger partial charge in [0.05, 0.1) is 31.3 Å². The van der Waals surface area contributed by atoms with E-state index in [1.54, 1.807) is 7.11 Å². The summed E-state index contributed by atoms with van der Waals surface area (Å²) >= 11 is 0. The van der Waals surface area contributed by atoms with Gasteiger partial charge in [0.25, 0.3) is 5.92 Å². The minimum absolute atomic E-state index is 0.0280. The maximum atomic E-state index is 14.0. The predicted molar refractivity (Wildman–Crippen MR) is 113 cm³/mol. The first kappa shape index (κ1) is 21.8. The molecule has 2 heterocycles. The van der Waals surface area contributed by atoms with Crippen LogP contribution in [0, 0.1) is 5.92 Å². The van der Waals surface area contributed by atoms with E-state index in [0.29, 0.717) is 30.4 Å². The molecule has 0 aromatic heterocycles. The highest BCUT2D eigenvalue weighted by atomic mass is 19.3. The largest absolute Gasteiger partial charge is 0.493 e. The maximum absolute atomic E-state index is 14.0. The Hall–Kier alpha value is -1.40. The molecule has 0 N–H and O–H groups in total. The predicted octanol–water partition coefficient (Wildman–Crippen LogP) is 5.39. The van der Waals surface area contributed by atoms with Crippen LogP contribution in [-0.2, 0) is 11.2 Å². The molecule has 1 aromatic rings. The van der Waals surface area contributed by atoms with Gasteiger partial charge in [-0.25, -0.2) is 8.78 Å². The highest BCUT2D eigenvalue weighted by molar-refractivity contribution is 5.49. The van der Waals surface area contributed by atoms with E-state index in [2.05, 4.69) is 31.7 Å². The van der Waals surface area contributed by atoms with Crippen molar-refractivity contribution >= 4 is 0 Å². The molecule has 2 fully saturated rings. The molecule has 3 unspecified atom stereocenters. The van der Waals surface area contributed by atoms with Crippen LogP contribution in [0.3, 0.4) is 0 Å². The fourth-order valence-corrected chi connectivity index (χ4v) is 5.28. The van der Waals surface area contributed by atoms with Crippen LogP contribution in [0.15, 0.2) is 12.1 Å². The third-order valence-electron chi connectivity index (χ3n) is 6.71. The van der Waals surface area contributed by atoms with E-state index in [9.17, 15) is 8.78 Å². The average Bonchev–Trinajstić information content (AvgIpc) is 3.02. The summed E-state index contributed by atoms with van der Waals surface area (Å²) in [7, 11) is 1.62. The van der Waals surface area contributed by atoms with Gasteiger partial charge in [-0.05, 0) is 76.1 Å². The monoisotopic (exact) mass is 423 g/mol. The molecule has 0 radical (unpaired) electrons. The van der Waals surface area contributed by atoms with E-state index in [1.165, 1.54) is 11.1 Å². The lowest BCUT2D eigenvalue weighted by molar-refractivity contribution is -0.0971. The number of nitrogens with zero attached hydrogens (tertiary/aromatic N) is 1. The molecule has 4 nitrogen and oxygen atoms in total. The molecule has 4 rings (SSSR count). The number of hydrogen-bond acceptors (Lipinski definition) is 4. The molecule has 168 valence electrons. The van der Waals surface area contributed by atoms with Gasteiger partial charge in [-0.15, -0.1) is 0 Å². The fourth-order valence-electron chi connectivity index (χ4n) is 5.28. The van der Waals surface area contributed by atoms with Gasteiger partial charge in [0.2, 0.25) is 0 Å². The molecule has 1 saturated heterocycles. The smallest absolute Gasteiger partial charge is 0.254 e.